The molecular formula is C21H22N2O4. The minimum atomic E-state index is -0.278. The van der Waals surface area contributed by atoms with Crippen LogP contribution >= 0.6 is 0 Å². The van der Waals surface area contributed by atoms with Gasteiger partial charge in [-0.05, 0) is 49.2 Å². The van der Waals surface area contributed by atoms with E-state index >= 15 is 0 Å². The number of phenols is 2. The van der Waals surface area contributed by atoms with E-state index in [1.165, 1.54) is 29.1 Å². The number of carbonyl (C=O) groups excluding carboxylic acids is 1. The molecule has 1 aliphatic heterocycles. The number of methoxy groups -OCH3 is 1. The highest BCUT2D eigenvalue weighted by Gasteiger charge is 2.28. The summed E-state index contributed by atoms with van der Waals surface area (Å²) in [4.78, 5) is 18.2. The average molecular weight is 366 g/mol. The lowest BCUT2D eigenvalue weighted by molar-refractivity contribution is 0.0888. The van der Waals surface area contributed by atoms with Crippen molar-refractivity contribution in [2.45, 2.75) is 19.4 Å². The number of fused-ring (bicyclic) bond motifs is 3. The molecule has 0 spiro atoms. The Morgan fingerprint density at radius 1 is 1.22 bits per heavy atom. The number of aromatic amines is 1. The zero-order valence-corrected chi connectivity index (χ0v) is 15.3. The molecule has 3 N–H and O–H groups in total. The van der Waals surface area contributed by atoms with E-state index in [4.69, 9.17) is 4.74 Å². The van der Waals surface area contributed by atoms with Gasteiger partial charge in [-0.3, -0.25) is 9.69 Å². The van der Waals surface area contributed by atoms with Gasteiger partial charge in [0.25, 0.3) is 0 Å². The summed E-state index contributed by atoms with van der Waals surface area (Å²) in [5.74, 6) is 0.224. The molecule has 1 unspecified atom stereocenters. The van der Waals surface area contributed by atoms with Crippen molar-refractivity contribution in [3.8, 4) is 17.2 Å². The average Bonchev–Trinajstić information content (AvgIpc) is 3.04. The Kier molecular flexibility index (Phi) is 4.28. The highest BCUT2D eigenvalue weighted by molar-refractivity contribution is 5.98. The second-order valence-corrected chi connectivity index (χ2v) is 6.95. The van der Waals surface area contributed by atoms with Crippen molar-refractivity contribution < 1.29 is 19.7 Å². The Balaban J connectivity index is 1.58. The van der Waals surface area contributed by atoms with Gasteiger partial charge in [-0.15, -0.1) is 0 Å². The van der Waals surface area contributed by atoms with Gasteiger partial charge in [-0.25, -0.2) is 0 Å². The van der Waals surface area contributed by atoms with Crippen LogP contribution in [-0.2, 0) is 6.42 Å². The monoisotopic (exact) mass is 366 g/mol. The molecule has 1 aromatic heterocycles. The van der Waals surface area contributed by atoms with E-state index in [9.17, 15) is 15.0 Å². The minimum absolute atomic E-state index is 0.0711. The summed E-state index contributed by atoms with van der Waals surface area (Å²) in [6.45, 7) is 3.12. The molecule has 4 rings (SSSR count). The number of ketones is 1. The number of nitrogens with zero attached hydrogens (tertiary/aromatic N) is 1. The van der Waals surface area contributed by atoms with Crippen LogP contribution in [0.15, 0.2) is 36.4 Å². The molecule has 0 aliphatic carbocycles. The van der Waals surface area contributed by atoms with Gasteiger partial charge < -0.3 is 19.9 Å². The van der Waals surface area contributed by atoms with E-state index < -0.39 is 0 Å². The SMILES string of the molecule is COc1ccc2c3c([nH]c2c1)C(C)N(CC(=O)c1ccc(O)c(O)c1)CC3. The minimum Gasteiger partial charge on any atom is -0.504 e. The Labute approximate surface area is 157 Å². The molecule has 0 bridgehead atoms. The van der Waals surface area contributed by atoms with Crippen LogP contribution in [0, 0.1) is 0 Å². The summed E-state index contributed by atoms with van der Waals surface area (Å²) < 4.78 is 5.31. The maximum atomic E-state index is 12.6. The van der Waals surface area contributed by atoms with Crippen LogP contribution < -0.4 is 4.74 Å². The quantitative estimate of drug-likeness (QED) is 0.487. The van der Waals surface area contributed by atoms with E-state index in [1.807, 2.05) is 12.1 Å². The molecule has 0 amide bonds. The first-order valence-electron chi connectivity index (χ1n) is 8.95. The summed E-state index contributed by atoms with van der Waals surface area (Å²) in [6.07, 6.45) is 0.861. The Morgan fingerprint density at radius 2 is 2.04 bits per heavy atom. The predicted octanol–water partition coefficient (Wildman–Crippen LogP) is 3.39. The number of rotatable bonds is 4. The number of nitrogens with one attached hydrogen (secondary N) is 1. The lowest BCUT2D eigenvalue weighted by Gasteiger charge is -2.33. The second kappa shape index (κ2) is 6.63. The van der Waals surface area contributed by atoms with Gasteiger partial charge >= 0.3 is 0 Å². The number of Topliss-reactive ketones (excluding diaryl/α,β-unsaturated/α-hetero) is 1. The van der Waals surface area contributed by atoms with Crippen molar-refractivity contribution in [2.75, 3.05) is 20.2 Å². The van der Waals surface area contributed by atoms with Crippen LogP contribution in [0.3, 0.4) is 0 Å². The first kappa shape index (κ1) is 17.4. The maximum Gasteiger partial charge on any atom is 0.176 e. The number of ether oxygens (including phenoxy) is 1. The maximum absolute atomic E-state index is 12.6. The number of benzene rings is 2. The number of H-pyrrole nitrogens is 1. The van der Waals surface area contributed by atoms with Gasteiger partial charge in [0.15, 0.2) is 17.3 Å². The summed E-state index contributed by atoms with van der Waals surface area (Å²) >= 11 is 0. The van der Waals surface area contributed by atoms with Crippen molar-refractivity contribution in [1.82, 2.24) is 9.88 Å². The number of phenolic OH excluding ortho intramolecular Hbond substituents is 2. The highest BCUT2D eigenvalue weighted by Crippen LogP contribution is 2.35. The lowest BCUT2D eigenvalue weighted by Crippen LogP contribution is -2.37. The van der Waals surface area contributed by atoms with Crippen LogP contribution in [0.1, 0.15) is 34.6 Å². The first-order chi connectivity index (χ1) is 13.0. The molecule has 0 saturated heterocycles. The zero-order valence-electron chi connectivity index (χ0n) is 15.3. The van der Waals surface area contributed by atoms with Crippen molar-refractivity contribution in [2.24, 2.45) is 0 Å². The smallest absolute Gasteiger partial charge is 0.176 e. The highest BCUT2D eigenvalue weighted by atomic mass is 16.5. The number of hydrogen-bond acceptors (Lipinski definition) is 5. The van der Waals surface area contributed by atoms with E-state index in [1.54, 1.807) is 7.11 Å². The van der Waals surface area contributed by atoms with E-state index in [0.29, 0.717) is 5.56 Å². The molecule has 1 aliphatic rings. The third-order valence-electron chi connectivity index (χ3n) is 5.40. The molecule has 0 radical (unpaired) electrons. The molecule has 2 aromatic carbocycles. The van der Waals surface area contributed by atoms with Gasteiger partial charge in [0.1, 0.15) is 5.75 Å². The number of hydrogen-bond donors (Lipinski definition) is 3. The van der Waals surface area contributed by atoms with Crippen LogP contribution in [0.4, 0.5) is 0 Å². The number of aromatic hydroxyl groups is 2. The first-order valence-corrected chi connectivity index (χ1v) is 8.95. The fourth-order valence-electron chi connectivity index (χ4n) is 3.83. The van der Waals surface area contributed by atoms with Crippen LogP contribution in [0.2, 0.25) is 0 Å². The number of carbonyl (C=O) groups is 1. The molecule has 140 valence electrons. The Morgan fingerprint density at radius 3 is 2.78 bits per heavy atom. The lowest BCUT2D eigenvalue weighted by atomic mass is 9.97. The topological polar surface area (TPSA) is 85.8 Å². The van der Waals surface area contributed by atoms with Crippen LogP contribution in [0.5, 0.6) is 17.2 Å². The van der Waals surface area contributed by atoms with E-state index in [-0.39, 0.29) is 29.9 Å². The van der Waals surface area contributed by atoms with Crippen molar-refractivity contribution >= 4 is 16.7 Å². The molecule has 0 saturated carbocycles. The Hall–Kier alpha value is -2.99. The van der Waals surface area contributed by atoms with Gasteiger partial charge in [-0.1, -0.05) is 0 Å². The van der Waals surface area contributed by atoms with Crippen LogP contribution in [-0.4, -0.2) is 46.1 Å². The second-order valence-electron chi connectivity index (χ2n) is 6.95. The molecule has 2 heterocycles. The van der Waals surface area contributed by atoms with Crippen LogP contribution in [0.25, 0.3) is 10.9 Å². The molecule has 0 fully saturated rings. The van der Waals surface area contributed by atoms with Gasteiger partial charge in [0, 0.05) is 40.8 Å². The van der Waals surface area contributed by atoms with Crippen molar-refractivity contribution in [3.63, 3.8) is 0 Å². The van der Waals surface area contributed by atoms with E-state index in [0.717, 1.165) is 29.9 Å². The molecule has 6 heteroatoms. The summed E-state index contributed by atoms with van der Waals surface area (Å²) in [5, 5.41) is 20.3. The molecule has 27 heavy (non-hydrogen) atoms. The molecular weight excluding hydrogens is 344 g/mol. The summed E-state index contributed by atoms with van der Waals surface area (Å²) in [7, 11) is 1.65. The van der Waals surface area contributed by atoms with Gasteiger partial charge in [-0.2, -0.15) is 0 Å². The zero-order chi connectivity index (χ0) is 19.1. The molecule has 1 atom stereocenters. The Bertz CT molecular complexity index is 1020. The molecule has 6 nitrogen and oxygen atoms in total. The standard InChI is InChI=1S/C21H22N2O4/c1-12-21-16(15-5-4-14(27-2)10-17(15)22-21)7-8-23(12)11-20(26)13-3-6-18(24)19(25)9-13/h3-6,9-10,12,22,24-25H,7-8,11H2,1-2H3. The third kappa shape index (κ3) is 3.02. The largest absolute Gasteiger partial charge is 0.504 e. The van der Waals surface area contributed by atoms with E-state index in [2.05, 4.69) is 22.9 Å². The predicted molar refractivity (Wildman–Crippen MR) is 103 cm³/mol. The van der Waals surface area contributed by atoms with Gasteiger partial charge in [0.2, 0.25) is 0 Å². The van der Waals surface area contributed by atoms with Crippen molar-refractivity contribution in [3.05, 3.63) is 53.2 Å². The molecule has 3 aromatic rings. The third-order valence-corrected chi connectivity index (χ3v) is 5.40. The van der Waals surface area contributed by atoms with Gasteiger partial charge in [0.05, 0.1) is 13.7 Å². The summed E-state index contributed by atoms with van der Waals surface area (Å²) in [6, 6.07) is 10.3. The fraction of sp³-hybridized carbons (Fsp3) is 0.286. The van der Waals surface area contributed by atoms with Crippen molar-refractivity contribution in [1.29, 1.82) is 0 Å². The normalized spacial score (nSPS) is 17.0. The number of aromatic nitrogens is 1. The fourth-order valence-corrected chi connectivity index (χ4v) is 3.83. The summed E-state index contributed by atoms with van der Waals surface area (Å²) in [5.41, 5.74) is 3.87.